The Morgan fingerprint density at radius 2 is 2.31 bits per heavy atom. The number of rotatable bonds is 4. The number of ether oxygens (including phenoxy) is 1. The molecule has 0 aliphatic heterocycles. The fraction of sp³-hybridized carbons (Fsp3) is 0.273. The summed E-state index contributed by atoms with van der Waals surface area (Å²) in [5.41, 5.74) is 7.74. The molecule has 0 saturated heterocycles. The summed E-state index contributed by atoms with van der Waals surface area (Å²) < 4.78 is 5.51. The number of para-hydroxylation sites is 1. The lowest BCUT2D eigenvalue weighted by Gasteiger charge is -2.11. The first-order valence-electron chi connectivity index (χ1n) is 4.32. The van der Waals surface area contributed by atoms with Gasteiger partial charge in [0.05, 0.1) is 0 Å². The molecule has 1 aromatic carbocycles. The van der Waals surface area contributed by atoms with E-state index in [0.29, 0.717) is 13.2 Å². The molecule has 2 nitrogen and oxygen atoms in total. The molecule has 0 aliphatic rings. The zero-order valence-corrected chi connectivity index (χ0v) is 7.92. The molecule has 2 heteroatoms. The van der Waals surface area contributed by atoms with Crippen molar-refractivity contribution in [3.8, 4) is 5.75 Å². The van der Waals surface area contributed by atoms with Crippen LogP contribution in [0.4, 0.5) is 0 Å². The van der Waals surface area contributed by atoms with Gasteiger partial charge in [-0.15, -0.1) is 0 Å². The lowest BCUT2D eigenvalue weighted by atomic mass is 10.1. The minimum absolute atomic E-state index is 0.508. The summed E-state index contributed by atoms with van der Waals surface area (Å²) in [6.45, 7) is 6.65. The maximum absolute atomic E-state index is 5.59. The Morgan fingerprint density at radius 3 is 2.92 bits per heavy atom. The molecule has 0 bridgehead atoms. The van der Waals surface area contributed by atoms with Crippen molar-refractivity contribution < 1.29 is 4.74 Å². The topological polar surface area (TPSA) is 35.2 Å². The second kappa shape index (κ2) is 4.67. The van der Waals surface area contributed by atoms with Crippen LogP contribution >= 0.6 is 0 Å². The molecule has 0 atom stereocenters. The number of aryl methyl sites for hydroxylation is 1. The monoisotopic (exact) mass is 177 g/mol. The molecule has 1 aromatic rings. The van der Waals surface area contributed by atoms with Gasteiger partial charge in [0.1, 0.15) is 12.4 Å². The van der Waals surface area contributed by atoms with Gasteiger partial charge in [0.25, 0.3) is 0 Å². The third-order valence-corrected chi connectivity index (χ3v) is 1.86. The van der Waals surface area contributed by atoms with Gasteiger partial charge in [-0.2, -0.15) is 0 Å². The van der Waals surface area contributed by atoms with Gasteiger partial charge in [-0.1, -0.05) is 30.9 Å². The SMILES string of the molecule is C=CCOc1c(C)cccc1CN. The summed E-state index contributed by atoms with van der Waals surface area (Å²) in [5, 5.41) is 0. The zero-order valence-electron chi connectivity index (χ0n) is 7.92. The first-order chi connectivity index (χ1) is 6.29. The van der Waals surface area contributed by atoms with Crippen LogP contribution in [0.1, 0.15) is 11.1 Å². The molecule has 1 rings (SSSR count). The molecule has 0 heterocycles. The van der Waals surface area contributed by atoms with Gasteiger partial charge in [0, 0.05) is 12.1 Å². The molecule has 13 heavy (non-hydrogen) atoms. The molecule has 0 unspecified atom stereocenters. The summed E-state index contributed by atoms with van der Waals surface area (Å²) >= 11 is 0. The highest BCUT2D eigenvalue weighted by atomic mass is 16.5. The summed E-state index contributed by atoms with van der Waals surface area (Å²) in [7, 11) is 0. The van der Waals surface area contributed by atoms with E-state index in [1.165, 1.54) is 0 Å². The van der Waals surface area contributed by atoms with E-state index >= 15 is 0 Å². The molecule has 0 radical (unpaired) electrons. The summed E-state index contributed by atoms with van der Waals surface area (Å²) in [4.78, 5) is 0. The number of nitrogens with two attached hydrogens (primary N) is 1. The van der Waals surface area contributed by atoms with E-state index in [4.69, 9.17) is 10.5 Å². The van der Waals surface area contributed by atoms with Crippen LogP contribution in [0.25, 0.3) is 0 Å². The smallest absolute Gasteiger partial charge is 0.127 e. The molecule has 0 aromatic heterocycles. The van der Waals surface area contributed by atoms with Crippen LogP contribution in [0.15, 0.2) is 30.9 Å². The second-order valence-corrected chi connectivity index (χ2v) is 2.87. The average Bonchev–Trinajstić information content (AvgIpc) is 2.15. The normalized spacial score (nSPS) is 9.69. The average molecular weight is 177 g/mol. The first-order valence-corrected chi connectivity index (χ1v) is 4.32. The van der Waals surface area contributed by atoms with E-state index in [2.05, 4.69) is 6.58 Å². The molecular formula is C11H15NO. The van der Waals surface area contributed by atoms with Gasteiger partial charge >= 0.3 is 0 Å². The van der Waals surface area contributed by atoms with E-state index in [1.807, 2.05) is 25.1 Å². The van der Waals surface area contributed by atoms with Crippen molar-refractivity contribution in [1.29, 1.82) is 0 Å². The lowest BCUT2D eigenvalue weighted by molar-refractivity contribution is 0.356. The molecule has 0 fully saturated rings. The van der Waals surface area contributed by atoms with Crippen molar-refractivity contribution in [2.24, 2.45) is 5.73 Å². The van der Waals surface area contributed by atoms with Gasteiger partial charge in [-0.05, 0) is 12.5 Å². The van der Waals surface area contributed by atoms with E-state index in [-0.39, 0.29) is 0 Å². The Bertz CT molecular complexity index is 294. The Kier molecular flexibility index (Phi) is 3.53. The largest absolute Gasteiger partial charge is 0.489 e. The zero-order chi connectivity index (χ0) is 9.68. The minimum atomic E-state index is 0.508. The van der Waals surface area contributed by atoms with Crippen LogP contribution in [0.2, 0.25) is 0 Å². The maximum atomic E-state index is 5.59. The van der Waals surface area contributed by atoms with E-state index in [0.717, 1.165) is 16.9 Å². The highest BCUT2D eigenvalue weighted by Gasteiger charge is 2.03. The number of hydrogen-bond acceptors (Lipinski definition) is 2. The van der Waals surface area contributed by atoms with Crippen molar-refractivity contribution in [2.45, 2.75) is 13.5 Å². The van der Waals surface area contributed by atoms with Gasteiger partial charge in [-0.25, -0.2) is 0 Å². The van der Waals surface area contributed by atoms with Gasteiger partial charge in [0.15, 0.2) is 0 Å². The number of benzene rings is 1. The standard InChI is InChI=1S/C11H15NO/c1-3-7-13-11-9(2)5-4-6-10(11)8-12/h3-6H,1,7-8,12H2,2H3. The van der Waals surface area contributed by atoms with Crippen molar-refractivity contribution in [3.63, 3.8) is 0 Å². The summed E-state index contributed by atoms with van der Waals surface area (Å²) in [5.74, 6) is 0.893. The summed E-state index contributed by atoms with van der Waals surface area (Å²) in [6, 6.07) is 5.97. The molecule has 0 amide bonds. The lowest BCUT2D eigenvalue weighted by Crippen LogP contribution is -2.03. The Hall–Kier alpha value is -1.28. The summed E-state index contributed by atoms with van der Waals surface area (Å²) in [6.07, 6.45) is 1.73. The molecule has 70 valence electrons. The van der Waals surface area contributed by atoms with Gasteiger partial charge < -0.3 is 10.5 Å². The number of hydrogen-bond donors (Lipinski definition) is 1. The Labute approximate surface area is 79.0 Å². The van der Waals surface area contributed by atoms with Crippen molar-refractivity contribution in [1.82, 2.24) is 0 Å². The molecule has 2 N–H and O–H groups in total. The second-order valence-electron chi connectivity index (χ2n) is 2.87. The van der Waals surface area contributed by atoms with Gasteiger partial charge in [-0.3, -0.25) is 0 Å². The van der Waals surface area contributed by atoms with Crippen LogP contribution in [0, 0.1) is 6.92 Å². The first kappa shape index (κ1) is 9.81. The molecule has 0 spiro atoms. The molecule has 0 aliphatic carbocycles. The van der Waals surface area contributed by atoms with Crippen LogP contribution < -0.4 is 10.5 Å². The van der Waals surface area contributed by atoms with Crippen LogP contribution in [0.3, 0.4) is 0 Å². The molecule has 0 saturated carbocycles. The van der Waals surface area contributed by atoms with Crippen molar-refractivity contribution >= 4 is 0 Å². The quantitative estimate of drug-likeness (QED) is 0.714. The Balaban J connectivity index is 2.93. The fourth-order valence-electron chi connectivity index (χ4n) is 1.22. The third-order valence-electron chi connectivity index (χ3n) is 1.86. The van der Waals surface area contributed by atoms with Gasteiger partial charge in [0.2, 0.25) is 0 Å². The van der Waals surface area contributed by atoms with Crippen molar-refractivity contribution in [3.05, 3.63) is 42.0 Å². The highest BCUT2D eigenvalue weighted by molar-refractivity contribution is 5.40. The predicted octanol–water partition coefficient (Wildman–Crippen LogP) is 2.02. The highest BCUT2D eigenvalue weighted by Crippen LogP contribution is 2.22. The van der Waals surface area contributed by atoms with E-state index in [9.17, 15) is 0 Å². The molecular weight excluding hydrogens is 162 g/mol. The van der Waals surface area contributed by atoms with Crippen LogP contribution in [-0.2, 0) is 6.54 Å². The van der Waals surface area contributed by atoms with Crippen LogP contribution in [0.5, 0.6) is 5.75 Å². The third kappa shape index (κ3) is 2.33. The van der Waals surface area contributed by atoms with Crippen LogP contribution in [-0.4, -0.2) is 6.61 Å². The maximum Gasteiger partial charge on any atom is 0.127 e. The predicted molar refractivity (Wildman–Crippen MR) is 54.8 cm³/mol. The van der Waals surface area contributed by atoms with E-state index < -0.39 is 0 Å². The van der Waals surface area contributed by atoms with Crippen molar-refractivity contribution in [2.75, 3.05) is 6.61 Å². The fourth-order valence-corrected chi connectivity index (χ4v) is 1.22. The minimum Gasteiger partial charge on any atom is -0.489 e. The van der Waals surface area contributed by atoms with E-state index in [1.54, 1.807) is 6.08 Å². The Morgan fingerprint density at radius 1 is 1.54 bits per heavy atom.